The second-order valence-electron chi connectivity index (χ2n) is 3.19. The third-order valence-corrected chi connectivity index (χ3v) is 2.89. The van der Waals surface area contributed by atoms with Crippen molar-refractivity contribution in [3.63, 3.8) is 0 Å². The summed E-state index contributed by atoms with van der Waals surface area (Å²) in [5.74, 6) is 0.0802. The Bertz CT molecular complexity index is 516. The van der Waals surface area contributed by atoms with Crippen molar-refractivity contribution < 1.29 is 4.79 Å². The molecule has 84 valence electrons. The van der Waals surface area contributed by atoms with E-state index < -0.39 is 5.91 Å². The molecule has 2 aromatic heterocycles. The zero-order chi connectivity index (χ0) is 11.7. The molecule has 0 radical (unpaired) electrons. The quantitative estimate of drug-likeness (QED) is 0.771. The number of nitrogens with zero attached hydrogens (tertiary/aromatic N) is 4. The van der Waals surface area contributed by atoms with Gasteiger partial charge in [-0.05, 0) is 6.92 Å². The Morgan fingerprint density at radius 1 is 1.56 bits per heavy atom. The SMILES string of the molecule is CC(N)c1ncnn1-c1ncc(C(N)=O)s1. The molecule has 16 heavy (non-hydrogen) atoms. The average molecular weight is 238 g/mol. The molecule has 0 aromatic carbocycles. The summed E-state index contributed by atoms with van der Waals surface area (Å²) >= 11 is 1.15. The number of nitrogens with two attached hydrogens (primary N) is 2. The molecule has 1 amide bonds. The number of thiazole rings is 1. The molecule has 1 atom stereocenters. The molecular formula is C8H10N6OS. The summed E-state index contributed by atoms with van der Waals surface area (Å²) < 4.78 is 1.50. The van der Waals surface area contributed by atoms with Crippen LogP contribution in [0.1, 0.15) is 28.5 Å². The molecule has 2 rings (SSSR count). The maximum absolute atomic E-state index is 10.9. The van der Waals surface area contributed by atoms with E-state index in [4.69, 9.17) is 11.5 Å². The van der Waals surface area contributed by atoms with Crippen LogP contribution >= 0.6 is 11.3 Å². The zero-order valence-electron chi connectivity index (χ0n) is 8.49. The highest BCUT2D eigenvalue weighted by atomic mass is 32.1. The summed E-state index contributed by atoms with van der Waals surface area (Å²) in [5.41, 5.74) is 10.9. The number of hydrogen-bond donors (Lipinski definition) is 2. The van der Waals surface area contributed by atoms with Crippen LogP contribution in [0.25, 0.3) is 5.13 Å². The number of primary amides is 1. The predicted octanol–water partition coefficient (Wildman–Crippen LogP) is -0.158. The van der Waals surface area contributed by atoms with Crippen molar-refractivity contribution in [1.29, 1.82) is 0 Å². The largest absolute Gasteiger partial charge is 0.365 e. The fourth-order valence-corrected chi connectivity index (χ4v) is 1.92. The molecule has 4 N–H and O–H groups in total. The zero-order valence-corrected chi connectivity index (χ0v) is 9.31. The molecule has 2 aromatic rings. The van der Waals surface area contributed by atoms with Gasteiger partial charge >= 0.3 is 0 Å². The van der Waals surface area contributed by atoms with Crippen molar-refractivity contribution >= 4 is 17.2 Å². The van der Waals surface area contributed by atoms with Crippen molar-refractivity contribution in [2.75, 3.05) is 0 Å². The van der Waals surface area contributed by atoms with Crippen molar-refractivity contribution in [3.05, 3.63) is 23.2 Å². The van der Waals surface area contributed by atoms with Crippen molar-refractivity contribution in [1.82, 2.24) is 19.7 Å². The van der Waals surface area contributed by atoms with Crippen molar-refractivity contribution in [2.45, 2.75) is 13.0 Å². The minimum absolute atomic E-state index is 0.261. The molecule has 0 saturated carbocycles. The third kappa shape index (κ3) is 1.79. The number of carbonyl (C=O) groups is 1. The van der Waals surface area contributed by atoms with Crippen LogP contribution in [0.4, 0.5) is 0 Å². The van der Waals surface area contributed by atoms with Crippen LogP contribution in [-0.4, -0.2) is 25.7 Å². The van der Waals surface area contributed by atoms with Gasteiger partial charge in [0, 0.05) is 0 Å². The van der Waals surface area contributed by atoms with E-state index in [1.165, 1.54) is 17.2 Å². The normalized spacial score (nSPS) is 12.6. The minimum Gasteiger partial charge on any atom is -0.365 e. The summed E-state index contributed by atoms with van der Waals surface area (Å²) in [6.45, 7) is 1.79. The summed E-state index contributed by atoms with van der Waals surface area (Å²) in [7, 11) is 0. The highest BCUT2D eigenvalue weighted by molar-refractivity contribution is 7.16. The molecule has 1 unspecified atom stereocenters. The summed E-state index contributed by atoms with van der Waals surface area (Å²) in [6.07, 6.45) is 2.80. The van der Waals surface area contributed by atoms with Crippen LogP contribution in [0.3, 0.4) is 0 Å². The fraction of sp³-hybridized carbons (Fsp3) is 0.250. The highest BCUT2D eigenvalue weighted by Crippen LogP contribution is 2.18. The highest BCUT2D eigenvalue weighted by Gasteiger charge is 2.14. The van der Waals surface area contributed by atoms with Gasteiger partial charge in [0.05, 0.1) is 12.2 Å². The fourth-order valence-electron chi connectivity index (χ4n) is 1.19. The molecule has 0 fully saturated rings. The Morgan fingerprint density at radius 3 is 2.88 bits per heavy atom. The molecule has 0 aliphatic heterocycles. The topological polar surface area (TPSA) is 113 Å². The van der Waals surface area contributed by atoms with E-state index in [2.05, 4.69) is 15.1 Å². The number of hydrogen-bond acceptors (Lipinski definition) is 6. The lowest BCUT2D eigenvalue weighted by Gasteiger charge is -2.04. The van der Waals surface area contributed by atoms with E-state index in [1.807, 2.05) is 0 Å². The van der Waals surface area contributed by atoms with Gasteiger partial charge in [-0.3, -0.25) is 4.79 Å². The Hall–Kier alpha value is -1.80. The number of amides is 1. The first-order chi connectivity index (χ1) is 7.59. The van der Waals surface area contributed by atoms with Gasteiger partial charge in [0.25, 0.3) is 5.91 Å². The molecule has 0 aliphatic rings. The first kappa shape index (κ1) is 10.7. The van der Waals surface area contributed by atoms with E-state index >= 15 is 0 Å². The van der Waals surface area contributed by atoms with Crippen molar-refractivity contribution in [3.8, 4) is 5.13 Å². The van der Waals surface area contributed by atoms with Gasteiger partial charge < -0.3 is 11.5 Å². The van der Waals surface area contributed by atoms with E-state index in [9.17, 15) is 4.79 Å². The van der Waals surface area contributed by atoms with Gasteiger partial charge in [-0.2, -0.15) is 9.78 Å². The number of carbonyl (C=O) groups excluding carboxylic acids is 1. The van der Waals surface area contributed by atoms with Gasteiger partial charge in [0.15, 0.2) is 5.82 Å². The molecule has 0 bridgehead atoms. The van der Waals surface area contributed by atoms with Crippen molar-refractivity contribution in [2.24, 2.45) is 11.5 Å². The maximum atomic E-state index is 10.9. The van der Waals surface area contributed by atoms with Crippen LogP contribution in [0, 0.1) is 0 Å². The Labute approximate surface area is 95.1 Å². The molecular weight excluding hydrogens is 228 g/mol. The van der Waals surface area contributed by atoms with Crippen LogP contribution in [-0.2, 0) is 0 Å². The second kappa shape index (κ2) is 3.99. The smallest absolute Gasteiger partial charge is 0.260 e. The number of rotatable bonds is 3. The Balaban J connectivity index is 2.42. The van der Waals surface area contributed by atoms with Gasteiger partial charge in [0.2, 0.25) is 5.13 Å². The molecule has 2 heterocycles. The van der Waals surface area contributed by atoms with E-state index in [1.54, 1.807) is 6.92 Å². The molecule has 0 aliphatic carbocycles. The number of aromatic nitrogens is 4. The summed E-state index contributed by atoms with van der Waals surface area (Å²) in [5, 5.41) is 4.53. The van der Waals surface area contributed by atoms with E-state index in [-0.39, 0.29) is 6.04 Å². The second-order valence-corrected chi connectivity index (χ2v) is 4.20. The third-order valence-electron chi connectivity index (χ3n) is 1.90. The lowest BCUT2D eigenvalue weighted by atomic mass is 10.3. The molecule has 8 heteroatoms. The van der Waals surface area contributed by atoms with Gasteiger partial charge in [0.1, 0.15) is 11.2 Å². The predicted molar refractivity (Wildman–Crippen MR) is 58.2 cm³/mol. The average Bonchev–Trinajstić information content (AvgIpc) is 2.86. The minimum atomic E-state index is -0.508. The monoisotopic (exact) mass is 238 g/mol. The molecule has 0 saturated heterocycles. The van der Waals surface area contributed by atoms with Crippen LogP contribution < -0.4 is 11.5 Å². The Morgan fingerprint density at radius 2 is 2.31 bits per heavy atom. The summed E-state index contributed by atoms with van der Waals surface area (Å²) in [6, 6.07) is -0.261. The standard InChI is InChI=1S/C8H10N6OS/c1-4(9)7-12-3-13-14(7)8-11-2-5(16-8)6(10)15/h2-4H,9H2,1H3,(H2,10,15). The van der Waals surface area contributed by atoms with E-state index in [0.29, 0.717) is 15.8 Å². The van der Waals surface area contributed by atoms with Gasteiger partial charge in [-0.15, -0.1) is 0 Å². The first-order valence-electron chi connectivity index (χ1n) is 4.51. The van der Waals surface area contributed by atoms with Gasteiger partial charge in [-0.1, -0.05) is 11.3 Å². The molecule has 0 spiro atoms. The van der Waals surface area contributed by atoms with Crippen LogP contribution in [0.5, 0.6) is 0 Å². The van der Waals surface area contributed by atoms with Gasteiger partial charge in [-0.25, -0.2) is 9.97 Å². The Kier molecular flexibility index (Phi) is 2.67. The van der Waals surface area contributed by atoms with Crippen LogP contribution in [0.2, 0.25) is 0 Å². The molecule has 7 nitrogen and oxygen atoms in total. The van der Waals surface area contributed by atoms with Crippen LogP contribution in [0.15, 0.2) is 12.5 Å². The summed E-state index contributed by atoms with van der Waals surface area (Å²) in [4.78, 5) is 19.4. The first-order valence-corrected chi connectivity index (χ1v) is 5.32. The lowest BCUT2D eigenvalue weighted by Crippen LogP contribution is -2.13. The van der Waals surface area contributed by atoms with E-state index in [0.717, 1.165) is 11.3 Å². The lowest BCUT2D eigenvalue weighted by molar-refractivity contribution is 0.100. The maximum Gasteiger partial charge on any atom is 0.260 e.